The predicted molar refractivity (Wildman–Crippen MR) is 139 cm³/mol. The normalized spacial score (nSPS) is 20.2. The Balaban J connectivity index is 1.63. The van der Waals surface area contributed by atoms with Gasteiger partial charge >= 0.3 is 0 Å². The van der Waals surface area contributed by atoms with E-state index in [1.807, 2.05) is 13.8 Å². The smallest absolute Gasteiger partial charge is 0.277 e. The van der Waals surface area contributed by atoms with Gasteiger partial charge in [0.05, 0.1) is 28.9 Å². The summed E-state index contributed by atoms with van der Waals surface area (Å²) in [6.07, 6.45) is 7.14. The van der Waals surface area contributed by atoms with Crippen LogP contribution in [0.1, 0.15) is 75.7 Å². The SMILES string of the molecule is CCOc1ccc(S(=O)(=O)N2CCCC(O)C2)cc1-c1nn2c(C3CCCCCC3)nc(C)c2c(=O)[nH]1. The lowest BCUT2D eigenvalue weighted by molar-refractivity contribution is 0.108. The summed E-state index contributed by atoms with van der Waals surface area (Å²) in [4.78, 5) is 20.9. The van der Waals surface area contributed by atoms with Crippen molar-refractivity contribution in [2.45, 2.75) is 82.1 Å². The average molecular weight is 530 g/mol. The summed E-state index contributed by atoms with van der Waals surface area (Å²) in [5.41, 5.74) is 1.10. The number of nitrogens with one attached hydrogen (secondary N) is 1. The van der Waals surface area contributed by atoms with Gasteiger partial charge in [0.1, 0.15) is 11.6 Å². The molecule has 1 saturated heterocycles. The van der Waals surface area contributed by atoms with Gasteiger partial charge < -0.3 is 14.8 Å². The molecule has 10 nitrogen and oxygen atoms in total. The molecule has 2 aliphatic rings. The zero-order chi connectivity index (χ0) is 26.2. The zero-order valence-electron chi connectivity index (χ0n) is 21.4. The van der Waals surface area contributed by atoms with Crippen LogP contribution in [0.4, 0.5) is 0 Å². The second-order valence-corrected chi connectivity index (χ2v) is 12.0. The minimum absolute atomic E-state index is 0.0605. The number of imidazole rings is 1. The number of H-pyrrole nitrogens is 1. The lowest BCUT2D eigenvalue weighted by atomic mass is 10.00. The third-order valence-electron chi connectivity index (χ3n) is 7.42. The highest BCUT2D eigenvalue weighted by Crippen LogP contribution is 2.34. The number of aliphatic hydroxyl groups is 1. The van der Waals surface area contributed by atoms with Crippen molar-refractivity contribution < 1.29 is 18.3 Å². The van der Waals surface area contributed by atoms with Crippen molar-refractivity contribution in [1.82, 2.24) is 23.9 Å². The van der Waals surface area contributed by atoms with Crippen LogP contribution in [0.2, 0.25) is 0 Å². The topological polar surface area (TPSA) is 130 Å². The number of aryl methyl sites for hydroxylation is 1. The number of rotatable bonds is 6. The van der Waals surface area contributed by atoms with E-state index in [9.17, 15) is 18.3 Å². The van der Waals surface area contributed by atoms with E-state index in [0.717, 1.165) is 31.5 Å². The Bertz CT molecular complexity index is 1440. The second-order valence-electron chi connectivity index (χ2n) is 10.1. The first-order chi connectivity index (χ1) is 17.8. The van der Waals surface area contributed by atoms with Gasteiger partial charge in [-0.25, -0.2) is 17.9 Å². The Labute approximate surface area is 216 Å². The van der Waals surface area contributed by atoms with Crippen LogP contribution in [0.3, 0.4) is 0 Å². The maximum absolute atomic E-state index is 13.4. The molecular formula is C26H35N5O5S. The fraction of sp³-hybridized carbons (Fsp3) is 0.577. The summed E-state index contributed by atoms with van der Waals surface area (Å²) in [5.74, 6) is 1.65. The fourth-order valence-electron chi connectivity index (χ4n) is 5.54. The van der Waals surface area contributed by atoms with Crippen molar-refractivity contribution >= 4 is 15.5 Å². The minimum Gasteiger partial charge on any atom is -0.493 e. The number of aromatic nitrogens is 4. The van der Waals surface area contributed by atoms with Crippen LogP contribution < -0.4 is 10.3 Å². The molecule has 0 amide bonds. The lowest BCUT2D eigenvalue weighted by Gasteiger charge is -2.29. The monoisotopic (exact) mass is 529 g/mol. The van der Waals surface area contributed by atoms with E-state index in [0.29, 0.717) is 48.5 Å². The molecule has 37 heavy (non-hydrogen) atoms. The van der Waals surface area contributed by atoms with Crippen LogP contribution in [0.25, 0.3) is 16.9 Å². The molecule has 200 valence electrons. The molecule has 0 bridgehead atoms. The Morgan fingerprint density at radius 2 is 1.89 bits per heavy atom. The van der Waals surface area contributed by atoms with E-state index in [2.05, 4.69) is 4.98 Å². The summed E-state index contributed by atoms with van der Waals surface area (Å²) in [7, 11) is -3.86. The average Bonchev–Trinajstić information content (AvgIpc) is 3.04. The Morgan fingerprint density at radius 3 is 2.59 bits per heavy atom. The highest BCUT2D eigenvalue weighted by Gasteiger charge is 2.31. The quantitative estimate of drug-likeness (QED) is 0.468. The summed E-state index contributed by atoms with van der Waals surface area (Å²) in [5, 5.41) is 14.8. The van der Waals surface area contributed by atoms with E-state index in [4.69, 9.17) is 14.8 Å². The molecule has 1 aliphatic heterocycles. The standard InChI is InChI=1S/C26H35N5O5S/c1-3-36-22-13-12-20(37(34,35)30-14-8-11-19(32)16-30)15-21(22)24-28-26(33)23-17(2)27-25(31(23)29-24)18-9-6-4-5-7-10-18/h12-13,15,18-19,32H,3-11,14,16H2,1-2H3,(H,28,29,33). The predicted octanol–water partition coefficient (Wildman–Crippen LogP) is 3.37. The van der Waals surface area contributed by atoms with Gasteiger partial charge in [0, 0.05) is 19.0 Å². The van der Waals surface area contributed by atoms with Gasteiger partial charge in [-0.3, -0.25) is 4.79 Å². The Hall–Kier alpha value is -2.76. The maximum Gasteiger partial charge on any atom is 0.277 e. The van der Waals surface area contributed by atoms with Crippen LogP contribution in [-0.4, -0.2) is 63.2 Å². The number of benzene rings is 1. The fourth-order valence-corrected chi connectivity index (χ4v) is 7.08. The molecule has 1 aromatic carbocycles. The molecule has 1 unspecified atom stereocenters. The largest absolute Gasteiger partial charge is 0.493 e. The van der Waals surface area contributed by atoms with Crippen molar-refractivity contribution in [1.29, 1.82) is 0 Å². The van der Waals surface area contributed by atoms with Crippen LogP contribution in [0.15, 0.2) is 27.9 Å². The highest BCUT2D eigenvalue weighted by atomic mass is 32.2. The van der Waals surface area contributed by atoms with E-state index < -0.39 is 16.1 Å². The van der Waals surface area contributed by atoms with Gasteiger partial charge in [0.15, 0.2) is 11.3 Å². The van der Waals surface area contributed by atoms with Gasteiger partial charge in [-0.1, -0.05) is 25.7 Å². The number of aliphatic hydroxyl groups excluding tert-OH is 1. The molecule has 1 atom stereocenters. The van der Waals surface area contributed by atoms with Gasteiger partial charge in [0.25, 0.3) is 5.56 Å². The van der Waals surface area contributed by atoms with Crippen molar-refractivity contribution in [3.05, 3.63) is 40.1 Å². The number of piperidine rings is 1. The summed E-state index contributed by atoms with van der Waals surface area (Å²) in [6.45, 7) is 4.43. The number of sulfonamides is 1. The molecule has 2 N–H and O–H groups in total. The summed E-state index contributed by atoms with van der Waals surface area (Å²) < 4.78 is 35.6. The molecule has 0 spiro atoms. The second kappa shape index (κ2) is 10.5. The van der Waals surface area contributed by atoms with Gasteiger partial charge in [0.2, 0.25) is 10.0 Å². The molecule has 1 aliphatic carbocycles. The Kier molecular flexibility index (Phi) is 7.37. The van der Waals surface area contributed by atoms with Gasteiger partial charge in [-0.05, 0) is 57.7 Å². The molecule has 1 saturated carbocycles. The third-order valence-corrected chi connectivity index (χ3v) is 9.29. The first-order valence-corrected chi connectivity index (χ1v) is 14.7. The van der Waals surface area contributed by atoms with Gasteiger partial charge in [-0.15, -0.1) is 5.10 Å². The molecular weight excluding hydrogens is 494 g/mol. The molecule has 0 radical (unpaired) electrons. The number of fused-ring (bicyclic) bond motifs is 1. The number of nitrogens with zero attached hydrogens (tertiary/aromatic N) is 4. The number of ether oxygens (including phenoxy) is 1. The molecule has 5 rings (SSSR count). The molecule has 2 fully saturated rings. The zero-order valence-corrected chi connectivity index (χ0v) is 22.3. The van der Waals surface area contributed by atoms with E-state index in [-0.39, 0.29) is 28.7 Å². The van der Waals surface area contributed by atoms with E-state index in [1.54, 1.807) is 10.6 Å². The lowest BCUT2D eigenvalue weighted by Crippen LogP contribution is -2.42. The molecule has 3 heterocycles. The van der Waals surface area contributed by atoms with Crippen molar-refractivity contribution in [3.63, 3.8) is 0 Å². The maximum atomic E-state index is 13.4. The van der Waals surface area contributed by atoms with Crippen LogP contribution in [0.5, 0.6) is 5.75 Å². The van der Waals surface area contributed by atoms with Crippen molar-refractivity contribution in [2.75, 3.05) is 19.7 Å². The first-order valence-electron chi connectivity index (χ1n) is 13.2. The number of hydrogen-bond acceptors (Lipinski definition) is 7. The summed E-state index contributed by atoms with van der Waals surface area (Å²) >= 11 is 0. The first kappa shape index (κ1) is 25.9. The molecule has 3 aromatic rings. The van der Waals surface area contributed by atoms with Crippen LogP contribution in [-0.2, 0) is 10.0 Å². The highest BCUT2D eigenvalue weighted by molar-refractivity contribution is 7.89. The molecule has 2 aromatic heterocycles. The van der Waals surface area contributed by atoms with Crippen molar-refractivity contribution in [3.8, 4) is 17.1 Å². The van der Waals surface area contributed by atoms with Crippen molar-refractivity contribution in [2.24, 2.45) is 0 Å². The Morgan fingerprint density at radius 1 is 1.14 bits per heavy atom. The van der Waals surface area contributed by atoms with Crippen LogP contribution in [0, 0.1) is 6.92 Å². The minimum atomic E-state index is -3.86. The van der Waals surface area contributed by atoms with Gasteiger partial charge in [-0.2, -0.15) is 4.31 Å². The summed E-state index contributed by atoms with van der Waals surface area (Å²) in [6, 6.07) is 4.60. The van der Waals surface area contributed by atoms with E-state index >= 15 is 0 Å². The number of β-amino-alcohol motifs (C(OH)–C–C–N with tert-alkyl or cyclic N) is 1. The molecule has 11 heteroatoms. The third kappa shape index (κ3) is 5.04. The number of aromatic amines is 1. The number of hydrogen-bond donors (Lipinski definition) is 2. The van der Waals surface area contributed by atoms with Crippen LogP contribution >= 0.6 is 0 Å². The van der Waals surface area contributed by atoms with E-state index in [1.165, 1.54) is 29.3 Å².